The number of hydrogen-bond acceptors (Lipinski definition) is 9. The van der Waals surface area contributed by atoms with Crippen molar-refractivity contribution in [2.45, 2.75) is 26.3 Å². The Labute approximate surface area is 237 Å². The molecule has 3 amide bonds. The summed E-state index contributed by atoms with van der Waals surface area (Å²) in [6.07, 6.45) is 3.08. The second-order valence-corrected chi connectivity index (χ2v) is 9.72. The molecule has 0 radical (unpaired) electrons. The predicted octanol–water partition coefficient (Wildman–Crippen LogP) is 2.24. The monoisotopic (exact) mass is 564 g/mol. The predicted molar refractivity (Wildman–Crippen MR) is 154 cm³/mol. The number of morpholine rings is 1. The van der Waals surface area contributed by atoms with Crippen molar-refractivity contribution >= 4 is 34.5 Å². The molecule has 13 heteroatoms. The lowest BCUT2D eigenvalue weighted by Gasteiger charge is -2.26. The standard InChI is InChI=1S/C28H36N8O5/c1-3-9-30-28(38)32-22-8-5-19(18-31-22)26(37)34-27-33-23-20(25-29-10-12-36(25)27)6-7-21(24(23)39-2)41-15-4-11-35-13-16-40-17-14-35/h5-8,18,29H,3-4,9-17H2,1-2H3,(H2,30,31,32,38). The van der Waals surface area contributed by atoms with E-state index in [0.717, 1.165) is 56.9 Å². The average molecular weight is 565 g/mol. The number of rotatable bonds is 10. The molecule has 1 aromatic carbocycles. The van der Waals surface area contributed by atoms with Crippen LogP contribution >= 0.6 is 0 Å². The zero-order valence-electron chi connectivity index (χ0n) is 23.4. The van der Waals surface area contributed by atoms with E-state index in [0.29, 0.717) is 49.1 Å². The van der Waals surface area contributed by atoms with Gasteiger partial charge in [-0.3, -0.25) is 19.6 Å². The van der Waals surface area contributed by atoms with Crippen LogP contribution in [0.15, 0.2) is 35.5 Å². The van der Waals surface area contributed by atoms with Gasteiger partial charge in [0.05, 0.1) is 32.5 Å². The second-order valence-electron chi connectivity index (χ2n) is 9.72. The maximum Gasteiger partial charge on any atom is 0.320 e. The third-order valence-corrected chi connectivity index (χ3v) is 6.87. The maximum atomic E-state index is 13.1. The summed E-state index contributed by atoms with van der Waals surface area (Å²) in [5, 5.41) is 9.58. The molecule has 5 rings (SSSR count). The lowest BCUT2D eigenvalue weighted by molar-refractivity contribution is 0.0357. The van der Waals surface area contributed by atoms with Gasteiger partial charge in [0.15, 0.2) is 11.5 Å². The van der Waals surface area contributed by atoms with Gasteiger partial charge in [0, 0.05) is 50.9 Å². The van der Waals surface area contributed by atoms with E-state index < -0.39 is 5.91 Å². The van der Waals surface area contributed by atoms with Gasteiger partial charge in [0.2, 0.25) is 5.62 Å². The lowest BCUT2D eigenvalue weighted by Crippen LogP contribution is -2.37. The molecule has 3 aromatic rings. The van der Waals surface area contributed by atoms with Crippen LogP contribution in [0.2, 0.25) is 0 Å². The fourth-order valence-electron chi connectivity index (χ4n) is 4.79. The van der Waals surface area contributed by atoms with Gasteiger partial charge in [-0.2, -0.15) is 4.99 Å². The number of aromatic nitrogens is 3. The van der Waals surface area contributed by atoms with Crippen molar-refractivity contribution in [1.82, 2.24) is 24.8 Å². The summed E-state index contributed by atoms with van der Waals surface area (Å²) in [4.78, 5) is 40.6. The number of nitrogens with zero attached hydrogens (tertiary/aromatic N) is 5. The Hall–Kier alpha value is -4.23. The van der Waals surface area contributed by atoms with Gasteiger partial charge in [-0.25, -0.2) is 14.8 Å². The first-order valence-electron chi connectivity index (χ1n) is 14.0. The molecule has 0 bridgehead atoms. The normalized spacial score (nSPS) is 15.3. The molecule has 2 aliphatic rings. The van der Waals surface area contributed by atoms with Crippen molar-refractivity contribution in [3.63, 3.8) is 0 Å². The van der Waals surface area contributed by atoms with E-state index >= 15 is 0 Å². The Morgan fingerprint density at radius 1 is 1.17 bits per heavy atom. The lowest BCUT2D eigenvalue weighted by atomic mass is 10.2. The van der Waals surface area contributed by atoms with Crippen LogP contribution in [0.4, 0.5) is 16.4 Å². The van der Waals surface area contributed by atoms with Crippen LogP contribution in [-0.4, -0.2) is 91.0 Å². The van der Waals surface area contributed by atoms with Crippen molar-refractivity contribution in [3.05, 3.63) is 41.6 Å². The molecule has 0 aliphatic carbocycles. The zero-order valence-corrected chi connectivity index (χ0v) is 23.4. The second kappa shape index (κ2) is 13.4. The Morgan fingerprint density at radius 2 is 2.02 bits per heavy atom. The minimum absolute atomic E-state index is 0.256. The molecule has 41 heavy (non-hydrogen) atoms. The first-order chi connectivity index (χ1) is 20.1. The number of benzene rings is 1. The van der Waals surface area contributed by atoms with Crippen LogP contribution in [-0.2, 0) is 11.3 Å². The van der Waals surface area contributed by atoms with Crippen molar-refractivity contribution in [1.29, 1.82) is 0 Å². The number of amides is 3. The molecule has 0 unspecified atom stereocenters. The Kier molecular flexibility index (Phi) is 9.26. The third-order valence-electron chi connectivity index (χ3n) is 6.87. The number of hydrogen-bond donors (Lipinski definition) is 3. The zero-order chi connectivity index (χ0) is 28.6. The largest absolute Gasteiger partial charge is 0.491 e. The quantitative estimate of drug-likeness (QED) is 0.316. The van der Waals surface area contributed by atoms with Gasteiger partial charge >= 0.3 is 6.03 Å². The molecule has 13 nitrogen and oxygen atoms in total. The third kappa shape index (κ3) is 6.74. The number of ether oxygens (including phenoxy) is 3. The summed E-state index contributed by atoms with van der Waals surface area (Å²) in [6.45, 7) is 8.72. The maximum absolute atomic E-state index is 13.1. The number of fused-ring (bicyclic) bond motifs is 3. The summed E-state index contributed by atoms with van der Waals surface area (Å²) in [5.74, 6) is 1.73. The molecule has 218 valence electrons. The number of urea groups is 1. The van der Waals surface area contributed by atoms with E-state index in [4.69, 9.17) is 19.2 Å². The highest BCUT2D eigenvalue weighted by atomic mass is 16.5. The number of carbonyl (C=O) groups is 2. The van der Waals surface area contributed by atoms with E-state index in [1.807, 2.05) is 23.6 Å². The van der Waals surface area contributed by atoms with Crippen LogP contribution in [0, 0.1) is 0 Å². The molecule has 0 spiro atoms. The SMILES string of the molecule is CCCNC(=O)Nc1ccc(C(=O)N=c2nc3c(OC)c(OCCCN4CCOCC4)ccc3c3n2CCN3)cn1. The summed E-state index contributed by atoms with van der Waals surface area (Å²) < 4.78 is 19.2. The summed E-state index contributed by atoms with van der Waals surface area (Å²) >= 11 is 0. The smallest absolute Gasteiger partial charge is 0.320 e. The van der Waals surface area contributed by atoms with E-state index in [9.17, 15) is 9.59 Å². The van der Waals surface area contributed by atoms with Crippen LogP contribution in [0.1, 0.15) is 30.1 Å². The molecule has 1 fully saturated rings. The number of pyridine rings is 1. The first-order valence-corrected chi connectivity index (χ1v) is 14.0. The Balaban J connectivity index is 1.36. The van der Waals surface area contributed by atoms with Crippen molar-refractivity contribution in [2.75, 3.05) is 70.3 Å². The van der Waals surface area contributed by atoms with Gasteiger partial charge in [0.25, 0.3) is 5.91 Å². The molecule has 2 aromatic heterocycles. The molecule has 2 aliphatic heterocycles. The van der Waals surface area contributed by atoms with Crippen LogP contribution in [0.25, 0.3) is 10.9 Å². The topological polar surface area (TPSA) is 144 Å². The Morgan fingerprint density at radius 3 is 2.78 bits per heavy atom. The molecule has 1 saturated heterocycles. The van der Waals surface area contributed by atoms with E-state index in [2.05, 4.69) is 30.8 Å². The number of nitrogens with one attached hydrogen (secondary N) is 3. The van der Waals surface area contributed by atoms with Gasteiger partial charge < -0.3 is 24.8 Å². The minimum Gasteiger partial charge on any atom is -0.491 e. The van der Waals surface area contributed by atoms with Crippen molar-refractivity contribution in [2.24, 2.45) is 4.99 Å². The van der Waals surface area contributed by atoms with Gasteiger partial charge in [-0.1, -0.05) is 6.92 Å². The van der Waals surface area contributed by atoms with Crippen LogP contribution in [0.5, 0.6) is 11.5 Å². The van der Waals surface area contributed by atoms with Crippen LogP contribution in [0.3, 0.4) is 0 Å². The van der Waals surface area contributed by atoms with Gasteiger partial charge in [0.1, 0.15) is 17.2 Å². The van der Waals surface area contributed by atoms with Gasteiger partial charge in [-0.15, -0.1) is 0 Å². The minimum atomic E-state index is -0.498. The van der Waals surface area contributed by atoms with Crippen molar-refractivity contribution < 1.29 is 23.8 Å². The van der Waals surface area contributed by atoms with Crippen molar-refractivity contribution in [3.8, 4) is 11.5 Å². The van der Waals surface area contributed by atoms with Crippen LogP contribution < -0.4 is 31.0 Å². The summed E-state index contributed by atoms with van der Waals surface area (Å²) in [5.41, 5.74) is 1.09. The number of carbonyl (C=O) groups excluding carboxylic acids is 2. The Bertz CT molecular complexity index is 1450. The number of anilines is 2. The highest BCUT2D eigenvalue weighted by Crippen LogP contribution is 2.37. The molecular formula is C28H36N8O5. The van der Waals surface area contributed by atoms with E-state index in [-0.39, 0.29) is 17.2 Å². The highest BCUT2D eigenvalue weighted by molar-refractivity contribution is 5.97. The number of methoxy groups -OCH3 is 1. The fourth-order valence-corrected chi connectivity index (χ4v) is 4.79. The van der Waals surface area contributed by atoms with Gasteiger partial charge in [-0.05, 0) is 37.1 Å². The average Bonchev–Trinajstić information content (AvgIpc) is 3.50. The molecule has 3 N–H and O–H groups in total. The molecule has 0 atom stereocenters. The molecular weight excluding hydrogens is 528 g/mol. The highest BCUT2D eigenvalue weighted by Gasteiger charge is 2.21. The molecule has 0 saturated carbocycles. The molecule has 4 heterocycles. The summed E-state index contributed by atoms with van der Waals surface area (Å²) in [6, 6.07) is 6.63. The first kappa shape index (κ1) is 28.3. The fraction of sp³-hybridized carbons (Fsp3) is 0.464. The van der Waals surface area contributed by atoms with E-state index in [1.165, 1.54) is 6.20 Å². The van der Waals surface area contributed by atoms with E-state index in [1.54, 1.807) is 19.2 Å². The summed E-state index contributed by atoms with van der Waals surface area (Å²) in [7, 11) is 1.58.